The molecule has 12 heteroatoms. The predicted octanol–water partition coefficient (Wildman–Crippen LogP) is 6.29. The van der Waals surface area contributed by atoms with Crippen molar-refractivity contribution in [2.45, 2.75) is 31.5 Å². The number of hydrazone groups is 1. The molecule has 4 rings (SSSR count). The van der Waals surface area contributed by atoms with E-state index in [1.807, 2.05) is 6.92 Å². The molecule has 1 aromatic heterocycles. The Kier molecular flexibility index (Phi) is 7.77. The Morgan fingerprint density at radius 1 is 1.16 bits per heavy atom. The van der Waals surface area contributed by atoms with Gasteiger partial charge in [0, 0.05) is 11.3 Å². The third-order valence-electron chi connectivity index (χ3n) is 5.33. The monoisotopic (exact) mass is 533 g/mol. The van der Waals surface area contributed by atoms with Gasteiger partial charge in [-0.15, -0.1) is 13.2 Å². The highest BCUT2D eigenvalue weighted by Gasteiger charge is 2.34. The third-order valence-corrected chi connectivity index (χ3v) is 6.59. The van der Waals surface area contributed by atoms with Gasteiger partial charge in [0.1, 0.15) is 0 Å². The molecule has 1 aliphatic heterocycles. The van der Waals surface area contributed by atoms with Crippen LogP contribution in [0.25, 0.3) is 0 Å². The van der Waals surface area contributed by atoms with Crippen LogP contribution in [-0.2, 0) is 6.54 Å². The number of thioether (sulfide) groups is 1. The molecule has 194 valence electrons. The van der Waals surface area contributed by atoms with Crippen LogP contribution in [0.15, 0.2) is 70.4 Å². The first kappa shape index (κ1) is 26.1. The molecule has 2 amide bonds. The highest BCUT2D eigenvalue weighted by atomic mass is 32.2. The molecule has 1 N–H and O–H groups in total. The summed E-state index contributed by atoms with van der Waals surface area (Å²) in [5.41, 5.74) is 2.10. The second-order valence-electron chi connectivity index (χ2n) is 7.87. The molecule has 8 nitrogen and oxygen atoms in total. The molecule has 2 aromatic carbocycles. The minimum absolute atomic E-state index is 0.0784. The summed E-state index contributed by atoms with van der Waals surface area (Å²) in [7, 11) is 1.25. The summed E-state index contributed by atoms with van der Waals surface area (Å²) in [4.78, 5) is 24.9. The molecule has 1 aliphatic rings. The number of hydrogen-bond donors (Lipinski definition) is 1. The molecule has 0 radical (unpaired) electrons. The number of rotatable bonds is 8. The predicted molar refractivity (Wildman–Crippen MR) is 132 cm³/mol. The molecule has 0 saturated carbocycles. The lowest BCUT2D eigenvalue weighted by Gasteiger charge is -2.28. The Labute approximate surface area is 214 Å². The SMILES string of the molecule is CCC1SC(=O)N(Cc2ccc(NC(=O)c3ccco3)cc2)N=C1c1ccc(OC)c(OC(F)(F)F)c1. The number of nitrogens with one attached hydrogen (secondary N) is 1. The van der Waals surface area contributed by atoms with Crippen molar-refractivity contribution in [2.75, 3.05) is 12.4 Å². The van der Waals surface area contributed by atoms with Crippen LogP contribution >= 0.6 is 11.8 Å². The van der Waals surface area contributed by atoms with E-state index < -0.39 is 18.0 Å². The maximum atomic E-state index is 12.9. The van der Waals surface area contributed by atoms with Crippen LogP contribution in [0.5, 0.6) is 11.5 Å². The summed E-state index contributed by atoms with van der Waals surface area (Å²) in [6.07, 6.45) is -2.96. The van der Waals surface area contributed by atoms with E-state index in [0.717, 1.165) is 17.3 Å². The zero-order valence-electron chi connectivity index (χ0n) is 19.7. The van der Waals surface area contributed by atoms with Crippen molar-refractivity contribution >= 4 is 34.3 Å². The smallest absolute Gasteiger partial charge is 0.493 e. The molecule has 3 aromatic rings. The Hall–Kier alpha value is -3.93. The number of carbonyl (C=O) groups excluding carboxylic acids is 2. The van der Waals surface area contributed by atoms with Gasteiger partial charge in [-0.2, -0.15) is 5.10 Å². The molecular formula is C25H22F3N3O5S. The van der Waals surface area contributed by atoms with Crippen LogP contribution in [0.2, 0.25) is 0 Å². The number of anilines is 1. The van der Waals surface area contributed by atoms with Crippen LogP contribution in [0.4, 0.5) is 23.7 Å². The van der Waals surface area contributed by atoms with Crippen molar-refractivity contribution in [3.8, 4) is 11.5 Å². The highest BCUT2D eigenvalue weighted by molar-refractivity contribution is 8.14. The summed E-state index contributed by atoms with van der Waals surface area (Å²) < 4.78 is 52.9. The molecule has 0 bridgehead atoms. The lowest BCUT2D eigenvalue weighted by Crippen LogP contribution is -2.34. The molecule has 1 unspecified atom stereocenters. The summed E-state index contributed by atoms with van der Waals surface area (Å²) in [6.45, 7) is 1.99. The number of ether oxygens (including phenoxy) is 2. The van der Waals surface area contributed by atoms with Gasteiger partial charge in [-0.1, -0.05) is 30.8 Å². The number of hydrogen-bond acceptors (Lipinski definition) is 7. The Balaban J connectivity index is 1.55. The van der Waals surface area contributed by atoms with Gasteiger partial charge in [-0.25, -0.2) is 5.01 Å². The van der Waals surface area contributed by atoms with Crippen molar-refractivity contribution in [3.63, 3.8) is 0 Å². The standard InChI is InChI=1S/C25H22F3N3O5S/c1-3-21-22(16-8-11-18(34-2)20(13-16)36-25(26,27)28)30-31(24(33)37-21)14-15-6-9-17(10-7-15)29-23(32)19-5-4-12-35-19/h4-13,21H,3,14H2,1-2H3,(H,29,32). The van der Waals surface area contributed by atoms with Gasteiger partial charge in [-0.3, -0.25) is 9.59 Å². The second-order valence-corrected chi connectivity index (χ2v) is 9.02. The first-order valence-electron chi connectivity index (χ1n) is 11.1. The lowest BCUT2D eigenvalue weighted by molar-refractivity contribution is -0.275. The lowest BCUT2D eigenvalue weighted by atomic mass is 10.0. The van der Waals surface area contributed by atoms with E-state index in [4.69, 9.17) is 9.15 Å². The van der Waals surface area contributed by atoms with E-state index >= 15 is 0 Å². The second kappa shape index (κ2) is 11.0. The fraction of sp³-hybridized carbons (Fsp3) is 0.240. The summed E-state index contributed by atoms with van der Waals surface area (Å²) in [6, 6.07) is 14.1. The number of carbonyl (C=O) groups is 2. The van der Waals surface area contributed by atoms with E-state index in [1.54, 1.807) is 42.5 Å². The van der Waals surface area contributed by atoms with E-state index in [9.17, 15) is 22.8 Å². The molecule has 37 heavy (non-hydrogen) atoms. The number of methoxy groups -OCH3 is 1. The summed E-state index contributed by atoms with van der Waals surface area (Å²) in [5, 5.41) is 7.83. The van der Waals surface area contributed by atoms with Crippen molar-refractivity contribution in [1.29, 1.82) is 0 Å². The fourth-order valence-corrected chi connectivity index (χ4v) is 4.53. The van der Waals surface area contributed by atoms with Crippen LogP contribution in [-0.4, -0.2) is 40.6 Å². The summed E-state index contributed by atoms with van der Waals surface area (Å²) in [5.74, 6) is -0.792. The van der Waals surface area contributed by atoms with Gasteiger partial charge < -0.3 is 19.2 Å². The largest absolute Gasteiger partial charge is 0.573 e. The Morgan fingerprint density at radius 3 is 2.54 bits per heavy atom. The van der Waals surface area contributed by atoms with Crippen LogP contribution in [0, 0.1) is 0 Å². The van der Waals surface area contributed by atoms with E-state index in [2.05, 4.69) is 15.2 Å². The van der Waals surface area contributed by atoms with Gasteiger partial charge in [0.2, 0.25) is 0 Å². The third kappa shape index (κ3) is 6.45. The average Bonchev–Trinajstić information content (AvgIpc) is 3.40. The molecule has 0 saturated heterocycles. The van der Waals surface area contributed by atoms with Crippen molar-refractivity contribution in [1.82, 2.24) is 5.01 Å². The number of halogens is 3. The average molecular weight is 534 g/mol. The van der Waals surface area contributed by atoms with Gasteiger partial charge in [0.25, 0.3) is 5.91 Å². The van der Waals surface area contributed by atoms with E-state index in [1.165, 1.54) is 30.5 Å². The molecule has 2 heterocycles. The zero-order valence-corrected chi connectivity index (χ0v) is 20.6. The number of amides is 2. The van der Waals surface area contributed by atoms with Crippen LogP contribution in [0.1, 0.15) is 35.0 Å². The maximum Gasteiger partial charge on any atom is 0.573 e. The molecule has 0 aliphatic carbocycles. The Bertz CT molecular complexity index is 1290. The van der Waals surface area contributed by atoms with E-state index in [-0.39, 0.29) is 28.5 Å². The first-order valence-corrected chi connectivity index (χ1v) is 12.0. The van der Waals surface area contributed by atoms with Gasteiger partial charge >= 0.3 is 11.6 Å². The van der Waals surface area contributed by atoms with Gasteiger partial charge in [0.15, 0.2) is 17.3 Å². The van der Waals surface area contributed by atoms with Gasteiger partial charge in [0.05, 0.1) is 30.9 Å². The fourth-order valence-electron chi connectivity index (χ4n) is 3.60. The number of benzene rings is 2. The molecule has 0 spiro atoms. The van der Waals surface area contributed by atoms with Crippen LogP contribution < -0.4 is 14.8 Å². The quantitative estimate of drug-likeness (QED) is 0.366. The zero-order chi connectivity index (χ0) is 26.6. The minimum atomic E-state index is -4.90. The molecule has 0 fully saturated rings. The summed E-state index contributed by atoms with van der Waals surface area (Å²) >= 11 is 1.05. The van der Waals surface area contributed by atoms with E-state index in [0.29, 0.717) is 23.4 Å². The van der Waals surface area contributed by atoms with Crippen molar-refractivity contribution in [2.24, 2.45) is 5.10 Å². The molecular weight excluding hydrogens is 511 g/mol. The number of furan rings is 1. The topological polar surface area (TPSA) is 93.4 Å². The first-order chi connectivity index (χ1) is 17.7. The van der Waals surface area contributed by atoms with Crippen molar-refractivity contribution in [3.05, 3.63) is 77.7 Å². The number of nitrogens with zero attached hydrogens (tertiary/aromatic N) is 2. The van der Waals surface area contributed by atoms with Crippen LogP contribution in [0.3, 0.4) is 0 Å². The Morgan fingerprint density at radius 2 is 1.92 bits per heavy atom. The van der Waals surface area contributed by atoms with Gasteiger partial charge in [-0.05, 0) is 54.4 Å². The highest BCUT2D eigenvalue weighted by Crippen LogP contribution is 2.36. The normalized spacial score (nSPS) is 15.8. The van der Waals surface area contributed by atoms with Crippen molar-refractivity contribution < 1.29 is 36.7 Å². The maximum absolute atomic E-state index is 12.9. The number of alkyl halides is 3. The molecule has 1 atom stereocenters. The minimum Gasteiger partial charge on any atom is -0.493 e.